The Bertz CT molecular complexity index is 759. The Morgan fingerprint density at radius 1 is 1.42 bits per heavy atom. The number of imidazole rings is 1. The summed E-state index contributed by atoms with van der Waals surface area (Å²) in [5, 5.41) is 0. The number of carbonyl (C=O) groups excluding carboxylic acids is 1. The molecule has 0 radical (unpaired) electrons. The monoisotopic (exact) mass is 345 g/mol. The lowest BCUT2D eigenvalue weighted by atomic mass is 10.2. The molecule has 2 heterocycles. The molecule has 1 fully saturated rings. The number of aromatic nitrogens is 2. The predicted molar refractivity (Wildman–Crippen MR) is 76.8 cm³/mol. The highest BCUT2D eigenvalue weighted by Crippen LogP contribution is 2.31. The lowest BCUT2D eigenvalue weighted by molar-refractivity contribution is -0.137. The zero-order chi connectivity index (χ0) is 17.5. The van der Waals surface area contributed by atoms with Gasteiger partial charge in [-0.2, -0.15) is 13.2 Å². The molecule has 5 nitrogen and oxygen atoms in total. The quantitative estimate of drug-likeness (QED) is 0.870. The summed E-state index contributed by atoms with van der Waals surface area (Å²) < 4.78 is 57.3. The van der Waals surface area contributed by atoms with E-state index in [4.69, 9.17) is 4.74 Å². The van der Waals surface area contributed by atoms with E-state index in [1.165, 1.54) is 17.9 Å². The number of likely N-dealkylation sites (tertiary alicyclic amines) is 1. The minimum atomic E-state index is -4.43. The van der Waals surface area contributed by atoms with Crippen LogP contribution in [0, 0.1) is 0 Å². The van der Waals surface area contributed by atoms with Gasteiger partial charge in [-0.3, -0.25) is 4.79 Å². The van der Waals surface area contributed by atoms with Gasteiger partial charge in [0, 0.05) is 13.5 Å². The average Bonchev–Trinajstić information content (AvgIpc) is 3.06. The van der Waals surface area contributed by atoms with Crippen LogP contribution in [-0.2, 0) is 22.3 Å². The molecule has 0 bridgehead atoms. The summed E-state index contributed by atoms with van der Waals surface area (Å²) in [7, 11) is 0. The van der Waals surface area contributed by atoms with Gasteiger partial charge in [0.25, 0.3) is 0 Å². The molecule has 9 heteroatoms. The molecule has 2 aromatic rings. The predicted octanol–water partition coefficient (Wildman–Crippen LogP) is 2.67. The van der Waals surface area contributed by atoms with Crippen LogP contribution in [0.15, 0.2) is 18.2 Å². The van der Waals surface area contributed by atoms with E-state index in [2.05, 4.69) is 9.97 Å². The number of carbonyl (C=O) groups is 1. The molecule has 1 aliphatic heterocycles. The molecular formula is C15H15F4N3O2. The third-order valence-corrected chi connectivity index (χ3v) is 3.94. The highest BCUT2D eigenvalue weighted by atomic mass is 19.4. The molecule has 2 atom stereocenters. The SMILES string of the molecule is CC(=O)N1C[C@@H](F)[C@@H](OCc2nc3ccc(C(F)(F)F)cc3[nH]2)C1. The van der Waals surface area contributed by atoms with Gasteiger partial charge in [0.1, 0.15) is 24.7 Å². The molecule has 1 aromatic carbocycles. The number of hydrogen-bond acceptors (Lipinski definition) is 3. The van der Waals surface area contributed by atoms with Crippen LogP contribution in [0.5, 0.6) is 0 Å². The van der Waals surface area contributed by atoms with Crippen LogP contribution in [0.2, 0.25) is 0 Å². The van der Waals surface area contributed by atoms with Gasteiger partial charge in [-0.15, -0.1) is 0 Å². The second-order valence-electron chi connectivity index (χ2n) is 5.70. The van der Waals surface area contributed by atoms with Gasteiger partial charge in [0.15, 0.2) is 0 Å². The van der Waals surface area contributed by atoms with Crippen molar-refractivity contribution < 1.29 is 27.1 Å². The number of halogens is 4. The van der Waals surface area contributed by atoms with Gasteiger partial charge in [0.2, 0.25) is 5.91 Å². The normalized spacial score (nSPS) is 21.6. The van der Waals surface area contributed by atoms with E-state index >= 15 is 0 Å². The fraction of sp³-hybridized carbons (Fsp3) is 0.467. The minimum absolute atomic E-state index is 0.0188. The van der Waals surface area contributed by atoms with Crippen molar-refractivity contribution in [3.8, 4) is 0 Å². The van der Waals surface area contributed by atoms with E-state index < -0.39 is 24.0 Å². The number of amides is 1. The second kappa shape index (κ2) is 6.04. The number of rotatable bonds is 3. The van der Waals surface area contributed by atoms with Crippen LogP contribution in [-0.4, -0.2) is 46.1 Å². The highest BCUT2D eigenvalue weighted by molar-refractivity contribution is 5.76. The maximum Gasteiger partial charge on any atom is 0.416 e. The standard InChI is InChI=1S/C15H15F4N3O2/c1-8(23)22-5-10(16)13(6-22)24-7-14-20-11-3-2-9(15(17,18)19)4-12(11)21-14/h2-4,10,13H,5-7H2,1H3,(H,20,21)/t10-,13+/m1/s1. The molecule has 1 N–H and O–H groups in total. The first kappa shape index (κ1) is 16.7. The number of H-pyrrole nitrogens is 1. The molecule has 3 rings (SSSR count). The molecule has 1 aliphatic rings. The molecule has 0 aliphatic carbocycles. The molecule has 0 saturated carbocycles. The van der Waals surface area contributed by atoms with Crippen LogP contribution >= 0.6 is 0 Å². The Labute approximate surface area is 134 Å². The molecule has 0 spiro atoms. The van der Waals surface area contributed by atoms with Crippen molar-refractivity contribution >= 4 is 16.9 Å². The Morgan fingerprint density at radius 3 is 2.79 bits per heavy atom. The number of nitrogens with zero attached hydrogens (tertiary/aromatic N) is 2. The zero-order valence-electron chi connectivity index (χ0n) is 12.7. The summed E-state index contributed by atoms with van der Waals surface area (Å²) in [5.74, 6) is 0.0740. The number of aromatic amines is 1. The van der Waals surface area contributed by atoms with Gasteiger partial charge in [-0.1, -0.05) is 0 Å². The summed E-state index contributed by atoms with van der Waals surface area (Å²) in [6, 6.07) is 3.19. The summed E-state index contributed by atoms with van der Waals surface area (Å²) in [6.07, 6.45) is -6.50. The number of alkyl halides is 4. The summed E-state index contributed by atoms with van der Waals surface area (Å²) in [6.45, 7) is 1.41. The van der Waals surface area contributed by atoms with Crippen molar-refractivity contribution in [2.24, 2.45) is 0 Å². The van der Waals surface area contributed by atoms with Crippen molar-refractivity contribution in [1.29, 1.82) is 0 Å². The smallest absolute Gasteiger partial charge is 0.365 e. The third-order valence-electron chi connectivity index (χ3n) is 3.94. The highest BCUT2D eigenvalue weighted by Gasteiger charge is 2.35. The first-order valence-electron chi connectivity index (χ1n) is 7.31. The number of hydrogen-bond donors (Lipinski definition) is 1. The van der Waals surface area contributed by atoms with Crippen LogP contribution < -0.4 is 0 Å². The number of benzene rings is 1. The van der Waals surface area contributed by atoms with Crippen LogP contribution in [0.25, 0.3) is 11.0 Å². The van der Waals surface area contributed by atoms with E-state index in [9.17, 15) is 22.4 Å². The van der Waals surface area contributed by atoms with Gasteiger partial charge >= 0.3 is 6.18 Å². The Kier molecular flexibility index (Phi) is 4.20. The third kappa shape index (κ3) is 3.35. The largest absolute Gasteiger partial charge is 0.416 e. The Balaban J connectivity index is 1.69. The first-order chi connectivity index (χ1) is 11.2. The fourth-order valence-corrected chi connectivity index (χ4v) is 2.64. The lowest BCUT2D eigenvalue weighted by Gasteiger charge is -2.13. The molecule has 1 saturated heterocycles. The molecule has 1 aromatic heterocycles. The van der Waals surface area contributed by atoms with Crippen molar-refractivity contribution in [3.05, 3.63) is 29.6 Å². The number of fused-ring (bicyclic) bond motifs is 1. The van der Waals surface area contributed by atoms with E-state index in [-0.39, 0.29) is 31.1 Å². The minimum Gasteiger partial charge on any atom is -0.365 e. The van der Waals surface area contributed by atoms with Crippen molar-refractivity contribution in [3.63, 3.8) is 0 Å². The Morgan fingerprint density at radius 2 is 2.17 bits per heavy atom. The zero-order valence-corrected chi connectivity index (χ0v) is 12.7. The van der Waals surface area contributed by atoms with Crippen LogP contribution in [0.4, 0.5) is 17.6 Å². The van der Waals surface area contributed by atoms with E-state index in [1.807, 2.05) is 0 Å². The first-order valence-corrected chi connectivity index (χ1v) is 7.31. The molecule has 1 amide bonds. The summed E-state index contributed by atoms with van der Waals surface area (Å²) >= 11 is 0. The molecule has 24 heavy (non-hydrogen) atoms. The average molecular weight is 345 g/mol. The topological polar surface area (TPSA) is 58.2 Å². The Hall–Kier alpha value is -2.16. The van der Waals surface area contributed by atoms with Gasteiger partial charge in [0.05, 0.1) is 23.1 Å². The number of ether oxygens (including phenoxy) is 1. The van der Waals surface area contributed by atoms with Crippen molar-refractivity contribution in [2.45, 2.75) is 32.0 Å². The van der Waals surface area contributed by atoms with Crippen LogP contribution in [0.1, 0.15) is 18.3 Å². The lowest BCUT2D eigenvalue weighted by Crippen LogP contribution is -2.27. The molecular weight excluding hydrogens is 330 g/mol. The summed E-state index contributed by atoms with van der Waals surface area (Å²) in [4.78, 5) is 19.5. The van der Waals surface area contributed by atoms with E-state index in [0.29, 0.717) is 11.3 Å². The fourth-order valence-electron chi connectivity index (χ4n) is 2.64. The van der Waals surface area contributed by atoms with Gasteiger partial charge in [-0.05, 0) is 18.2 Å². The van der Waals surface area contributed by atoms with Crippen molar-refractivity contribution in [2.75, 3.05) is 13.1 Å². The van der Waals surface area contributed by atoms with Crippen LogP contribution in [0.3, 0.4) is 0 Å². The number of nitrogens with one attached hydrogen (secondary N) is 1. The van der Waals surface area contributed by atoms with E-state index in [1.54, 1.807) is 0 Å². The summed E-state index contributed by atoms with van der Waals surface area (Å²) in [5.41, 5.74) is -0.171. The maximum absolute atomic E-state index is 13.8. The van der Waals surface area contributed by atoms with Gasteiger partial charge < -0.3 is 14.6 Å². The second-order valence-corrected chi connectivity index (χ2v) is 5.70. The van der Waals surface area contributed by atoms with Crippen molar-refractivity contribution in [1.82, 2.24) is 14.9 Å². The van der Waals surface area contributed by atoms with E-state index in [0.717, 1.165) is 12.1 Å². The molecule has 0 unspecified atom stereocenters. The molecule has 130 valence electrons. The maximum atomic E-state index is 13.8. The van der Waals surface area contributed by atoms with Gasteiger partial charge in [-0.25, -0.2) is 9.37 Å².